The van der Waals surface area contributed by atoms with Crippen molar-refractivity contribution in [1.82, 2.24) is 15.5 Å². The lowest BCUT2D eigenvalue weighted by Crippen LogP contribution is -2.46. The van der Waals surface area contributed by atoms with Crippen molar-refractivity contribution in [1.29, 1.82) is 0 Å². The van der Waals surface area contributed by atoms with Crippen LogP contribution in [-0.2, 0) is 0 Å². The molecule has 5 nitrogen and oxygen atoms in total. The number of aromatic nitrogens is 2. The lowest BCUT2D eigenvalue weighted by atomic mass is 9.94. The Morgan fingerprint density at radius 1 is 1.00 bits per heavy atom. The van der Waals surface area contributed by atoms with E-state index in [1.165, 1.54) is 12.1 Å². The lowest BCUT2D eigenvalue weighted by Gasteiger charge is -2.37. The van der Waals surface area contributed by atoms with Crippen molar-refractivity contribution in [3.63, 3.8) is 0 Å². The van der Waals surface area contributed by atoms with E-state index in [2.05, 4.69) is 15.5 Å². The number of nitrogens with one attached hydrogen (secondary N) is 1. The van der Waals surface area contributed by atoms with Crippen molar-refractivity contribution in [3.8, 4) is 11.4 Å². The molecule has 1 aliphatic rings. The number of allylic oxidation sites excluding steroid dienone is 1. The first kappa shape index (κ1) is 22.2. The molecule has 3 aromatic carbocycles. The number of halogens is 3. The predicted octanol–water partition coefficient (Wildman–Crippen LogP) is 6.54. The fourth-order valence-corrected chi connectivity index (χ4v) is 4.52. The first-order valence-corrected chi connectivity index (χ1v) is 11.1. The maximum Gasteiger partial charge on any atom is 0.258 e. The fourth-order valence-electron chi connectivity index (χ4n) is 3.97. The average Bonchev–Trinajstić information content (AvgIpc) is 3.28. The molecule has 0 bridgehead atoms. The molecule has 34 heavy (non-hydrogen) atoms. The van der Waals surface area contributed by atoms with Crippen LogP contribution in [0.3, 0.4) is 0 Å². The average molecular weight is 495 g/mol. The van der Waals surface area contributed by atoms with Gasteiger partial charge in [-0.2, -0.15) is 4.98 Å². The van der Waals surface area contributed by atoms with Gasteiger partial charge in [0, 0.05) is 22.3 Å². The van der Waals surface area contributed by atoms with E-state index < -0.39 is 17.7 Å². The summed E-state index contributed by atoms with van der Waals surface area (Å²) in [5, 5.41) is 8.23. The molecule has 0 amide bonds. The third-order valence-electron chi connectivity index (χ3n) is 5.46. The van der Waals surface area contributed by atoms with Gasteiger partial charge in [0.2, 0.25) is 5.82 Å². The smallest absolute Gasteiger partial charge is 0.258 e. The van der Waals surface area contributed by atoms with Gasteiger partial charge in [-0.1, -0.05) is 59.2 Å². The van der Waals surface area contributed by atoms with Crippen LogP contribution in [0.1, 0.15) is 24.4 Å². The minimum atomic E-state index is -0.710. The van der Waals surface area contributed by atoms with Crippen molar-refractivity contribution in [2.75, 3.05) is 4.90 Å². The second-order valence-corrected chi connectivity index (χ2v) is 8.51. The van der Waals surface area contributed by atoms with Gasteiger partial charge in [0.1, 0.15) is 11.6 Å². The molecule has 4 aromatic rings. The molecule has 0 spiro atoms. The number of anilines is 1. The molecule has 9 heteroatoms. The van der Waals surface area contributed by atoms with E-state index in [0.717, 1.165) is 11.6 Å². The van der Waals surface area contributed by atoms with Gasteiger partial charge in [0.25, 0.3) is 5.89 Å². The van der Waals surface area contributed by atoms with Crippen molar-refractivity contribution >= 4 is 40.2 Å². The van der Waals surface area contributed by atoms with Crippen LogP contribution >= 0.6 is 23.8 Å². The van der Waals surface area contributed by atoms with E-state index in [1.807, 2.05) is 36.4 Å². The molecule has 2 heterocycles. The van der Waals surface area contributed by atoms with Crippen molar-refractivity contribution < 1.29 is 13.3 Å². The summed E-state index contributed by atoms with van der Waals surface area (Å²) >= 11 is 11.7. The third kappa shape index (κ3) is 4.18. The van der Waals surface area contributed by atoms with Crippen LogP contribution in [0.2, 0.25) is 5.02 Å². The fraction of sp³-hybridized carbons (Fsp3) is 0.0800. The van der Waals surface area contributed by atoms with Gasteiger partial charge in [-0.15, -0.1) is 0 Å². The second-order valence-electron chi connectivity index (χ2n) is 7.69. The van der Waals surface area contributed by atoms with E-state index in [4.69, 9.17) is 28.3 Å². The summed E-state index contributed by atoms with van der Waals surface area (Å²) in [7, 11) is 0. The van der Waals surface area contributed by atoms with Crippen molar-refractivity contribution in [3.05, 3.63) is 107 Å². The normalized spacial score (nSPS) is 16.1. The Bertz CT molecular complexity index is 1400. The van der Waals surface area contributed by atoms with Crippen molar-refractivity contribution in [2.45, 2.75) is 13.0 Å². The van der Waals surface area contributed by atoms with Crippen molar-refractivity contribution in [2.24, 2.45) is 0 Å². The molecule has 0 aliphatic carbocycles. The summed E-state index contributed by atoms with van der Waals surface area (Å²) in [6, 6.07) is 19.6. The largest absolute Gasteiger partial charge is 0.351 e. The highest BCUT2D eigenvalue weighted by atomic mass is 35.5. The summed E-state index contributed by atoms with van der Waals surface area (Å²) in [4.78, 5) is 6.16. The highest BCUT2D eigenvalue weighted by Crippen LogP contribution is 2.39. The molecule has 1 N–H and O–H groups in total. The zero-order valence-electron chi connectivity index (χ0n) is 17.8. The van der Waals surface area contributed by atoms with Gasteiger partial charge >= 0.3 is 0 Å². The maximum atomic E-state index is 14.0. The minimum absolute atomic E-state index is 0.242. The van der Waals surface area contributed by atoms with Crippen LogP contribution in [0, 0.1) is 11.6 Å². The zero-order chi connectivity index (χ0) is 23.8. The Hall–Kier alpha value is -3.62. The monoisotopic (exact) mass is 494 g/mol. The minimum Gasteiger partial charge on any atom is -0.351 e. The topological polar surface area (TPSA) is 54.2 Å². The van der Waals surface area contributed by atoms with E-state index in [0.29, 0.717) is 27.7 Å². The molecule has 0 saturated heterocycles. The Morgan fingerprint density at radius 2 is 1.74 bits per heavy atom. The van der Waals surface area contributed by atoms with Gasteiger partial charge < -0.3 is 9.84 Å². The first-order chi connectivity index (χ1) is 16.4. The van der Waals surface area contributed by atoms with Gasteiger partial charge in [-0.3, -0.25) is 4.90 Å². The number of hydrogen-bond acceptors (Lipinski definition) is 4. The van der Waals surface area contributed by atoms with Crippen LogP contribution in [-0.4, -0.2) is 15.3 Å². The molecule has 0 radical (unpaired) electrons. The van der Waals surface area contributed by atoms with Gasteiger partial charge in [0.15, 0.2) is 5.11 Å². The van der Waals surface area contributed by atoms with Gasteiger partial charge in [-0.05, 0) is 49.0 Å². The molecule has 5 rings (SSSR count). The van der Waals surface area contributed by atoms with Crippen LogP contribution in [0.5, 0.6) is 0 Å². The Balaban J connectivity index is 1.67. The standard InChI is InChI=1S/C25H17ClF2N4OS/c1-14-21(24-30-23(31-33-24)16-8-5-9-17(26)10-16)22(15-6-3-2-4-7-15)29-25(34)32(14)20-12-18(27)11-19(28)13-20/h2-13,22H,1H3,(H,29,34). The first-order valence-electron chi connectivity index (χ1n) is 10.3. The molecule has 1 aliphatic heterocycles. The zero-order valence-corrected chi connectivity index (χ0v) is 19.4. The molecule has 170 valence electrons. The Morgan fingerprint density at radius 3 is 2.44 bits per heavy atom. The Labute approximate surface area is 204 Å². The maximum absolute atomic E-state index is 14.0. The SMILES string of the molecule is CC1=C(c2nc(-c3cccc(Cl)c3)no2)C(c2ccccc2)NC(=S)N1c1cc(F)cc(F)c1. The number of thiocarbonyl (C=S) groups is 1. The van der Waals surface area contributed by atoms with Crippen LogP contribution in [0.15, 0.2) is 83.0 Å². The summed E-state index contributed by atoms with van der Waals surface area (Å²) in [5.74, 6) is -0.809. The quantitative estimate of drug-likeness (QED) is 0.325. The Kier molecular flexibility index (Phi) is 5.85. The molecule has 1 aromatic heterocycles. The number of rotatable bonds is 4. The molecule has 0 fully saturated rings. The van der Waals surface area contributed by atoms with Crippen LogP contribution in [0.25, 0.3) is 17.0 Å². The van der Waals surface area contributed by atoms with Crippen LogP contribution in [0.4, 0.5) is 14.5 Å². The van der Waals surface area contributed by atoms with E-state index >= 15 is 0 Å². The van der Waals surface area contributed by atoms with E-state index in [1.54, 1.807) is 30.0 Å². The highest BCUT2D eigenvalue weighted by molar-refractivity contribution is 7.80. The molecular formula is C25H17ClF2N4OS. The number of hydrogen-bond donors (Lipinski definition) is 1. The summed E-state index contributed by atoms with van der Waals surface area (Å²) < 4.78 is 33.7. The summed E-state index contributed by atoms with van der Waals surface area (Å²) in [6.45, 7) is 1.80. The molecule has 0 saturated carbocycles. The van der Waals surface area contributed by atoms with Gasteiger partial charge in [-0.25, -0.2) is 8.78 Å². The summed E-state index contributed by atoms with van der Waals surface area (Å²) in [6.07, 6.45) is 0. The molecule has 1 atom stereocenters. The second kappa shape index (κ2) is 8.96. The number of nitrogens with zero attached hydrogens (tertiary/aromatic N) is 3. The number of benzene rings is 3. The molecule has 1 unspecified atom stereocenters. The predicted molar refractivity (Wildman–Crippen MR) is 131 cm³/mol. The summed E-state index contributed by atoms with van der Waals surface area (Å²) in [5.41, 5.74) is 3.08. The van der Waals surface area contributed by atoms with E-state index in [-0.39, 0.29) is 16.7 Å². The van der Waals surface area contributed by atoms with Gasteiger partial charge in [0.05, 0.1) is 17.3 Å². The third-order valence-corrected chi connectivity index (χ3v) is 6.00. The highest BCUT2D eigenvalue weighted by Gasteiger charge is 2.35. The molecular weight excluding hydrogens is 478 g/mol. The van der Waals surface area contributed by atoms with E-state index in [9.17, 15) is 8.78 Å². The lowest BCUT2D eigenvalue weighted by molar-refractivity contribution is 0.404. The van der Waals surface area contributed by atoms with Crippen LogP contribution < -0.4 is 10.2 Å².